The van der Waals surface area contributed by atoms with Crippen molar-refractivity contribution in [3.05, 3.63) is 93.8 Å². The highest BCUT2D eigenvalue weighted by Gasteiger charge is 2.15. The summed E-state index contributed by atoms with van der Waals surface area (Å²) in [4.78, 5) is 22.6. The smallest absolute Gasteiger partial charge is 0.271 e. The molecule has 160 valence electrons. The van der Waals surface area contributed by atoms with Gasteiger partial charge in [-0.1, -0.05) is 18.2 Å². The van der Waals surface area contributed by atoms with E-state index in [9.17, 15) is 27.7 Å². The van der Waals surface area contributed by atoms with Crippen LogP contribution in [0.3, 0.4) is 0 Å². The van der Waals surface area contributed by atoms with Crippen molar-refractivity contribution in [2.75, 3.05) is 10.0 Å². The van der Waals surface area contributed by atoms with Gasteiger partial charge in [-0.25, -0.2) is 12.8 Å². The van der Waals surface area contributed by atoms with Gasteiger partial charge in [0.15, 0.2) is 0 Å². The number of benzene rings is 3. The molecule has 2 N–H and O–H groups in total. The summed E-state index contributed by atoms with van der Waals surface area (Å²) in [7, 11) is -3.87. The average molecular weight is 443 g/mol. The number of rotatable bonds is 7. The second-order valence-corrected chi connectivity index (χ2v) is 8.42. The number of non-ortho nitro benzene ring substituents is 1. The number of aryl methyl sites for hydroxylation is 1. The van der Waals surface area contributed by atoms with E-state index in [1.807, 2.05) is 0 Å². The molecule has 3 rings (SSSR count). The van der Waals surface area contributed by atoms with Crippen molar-refractivity contribution in [3.63, 3.8) is 0 Å². The second kappa shape index (κ2) is 8.92. The molecule has 0 radical (unpaired) electrons. The molecule has 1 amide bonds. The molecule has 3 aromatic rings. The van der Waals surface area contributed by atoms with Crippen LogP contribution >= 0.6 is 0 Å². The number of halogens is 1. The summed E-state index contributed by atoms with van der Waals surface area (Å²) >= 11 is 0. The van der Waals surface area contributed by atoms with Crippen molar-refractivity contribution in [2.24, 2.45) is 0 Å². The Hall–Kier alpha value is -3.79. The lowest BCUT2D eigenvalue weighted by atomic mass is 10.1. The van der Waals surface area contributed by atoms with Gasteiger partial charge in [-0.2, -0.15) is 0 Å². The highest BCUT2D eigenvalue weighted by molar-refractivity contribution is 7.92. The van der Waals surface area contributed by atoms with Crippen LogP contribution in [0.1, 0.15) is 11.1 Å². The lowest BCUT2D eigenvalue weighted by Crippen LogP contribution is -2.15. The topological polar surface area (TPSA) is 118 Å². The number of anilines is 2. The summed E-state index contributed by atoms with van der Waals surface area (Å²) in [5, 5.41) is 13.6. The lowest BCUT2D eigenvalue weighted by molar-refractivity contribution is -0.384. The van der Waals surface area contributed by atoms with Gasteiger partial charge in [-0.05, 0) is 54.4 Å². The van der Waals surface area contributed by atoms with E-state index < -0.39 is 20.8 Å². The van der Waals surface area contributed by atoms with Crippen LogP contribution in [-0.4, -0.2) is 19.2 Å². The lowest BCUT2D eigenvalue weighted by Gasteiger charge is -2.10. The third-order valence-corrected chi connectivity index (χ3v) is 5.80. The zero-order valence-corrected chi connectivity index (χ0v) is 17.1. The number of amides is 1. The monoisotopic (exact) mass is 443 g/mol. The van der Waals surface area contributed by atoms with Gasteiger partial charge in [0.2, 0.25) is 5.91 Å². The van der Waals surface area contributed by atoms with Gasteiger partial charge in [0.05, 0.1) is 21.9 Å². The van der Waals surface area contributed by atoms with Crippen LogP contribution in [0.25, 0.3) is 0 Å². The first-order valence-corrected chi connectivity index (χ1v) is 10.5. The van der Waals surface area contributed by atoms with Crippen molar-refractivity contribution in [2.45, 2.75) is 18.2 Å². The van der Waals surface area contributed by atoms with E-state index in [1.54, 1.807) is 25.1 Å². The number of nitro benzene ring substituents is 1. The minimum atomic E-state index is -3.87. The number of nitrogens with one attached hydrogen (secondary N) is 2. The molecule has 0 saturated heterocycles. The summed E-state index contributed by atoms with van der Waals surface area (Å²) in [6.45, 7) is 1.72. The molecule has 31 heavy (non-hydrogen) atoms. The van der Waals surface area contributed by atoms with Crippen LogP contribution in [0.2, 0.25) is 0 Å². The van der Waals surface area contributed by atoms with Crippen molar-refractivity contribution in [3.8, 4) is 0 Å². The van der Waals surface area contributed by atoms with Gasteiger partial charge in [0.1, 0.15) is 5.82 Å². The molecular weight excluding hydrogens is 425 g/mol. The van der Waals surface area contributed by atoms with Gasteiger partial charge < -0.3 is 5.32 Å². The standard InChI is InChI=1S/C21H18FN3O5S/c1-14-2-9-18(25(27)28)13-20(14)23-21(26)12-15-3-7-17(8-4-15)24-31(29,30)19-10-5-16(22)6-11-19/h2-11,13,24H,12H2,1H3,(H,23,26). The molecular formula is C21H18FN3O5S. The maximum atomic E-state index is 13.0. The Bertz CT molecular complexity index is 1230. The molecule has 0 spiro atoms. The van der Waals surface area contributed by atoms with Gasteiger partial charge >= 0.3 is 0 Å². The fourth-order valence-corrected chi connectivity index (χ4v) is 3.82. The predicted octanol–water partition coefficient (Wildman–Crippen LogP) is 4.02. The van der Waals surface area contributed by atoms with Crippen LogP contribution in [-0.2, 0) is 21.2 Å². The van der Waals surface area contributed by atoms with Crippen molar-refractivity contribution in [1.29, 1.82) is 0 Å². The third-order valence-electron chi connectivity index (χ3n) is 4.40. The Morgan fingerprint density at radius 3 is 2.29 bits per heavy atom. The molecule has 0 aliphatic rings. The van der Waals surface area contributed by atoms with Crippen molar-refractivity contribution >= 4 is 33.0 Å². The van der Waals surface area contributed by atoms with E-state index in [4.69, 9.17) is 0 Å². The number of nitro groups is 1. The van der Waals surface area contributed by atoms with E-state index in [2.05, 4.69) is 10.0 Å². The molecule has 0 bridgehead atoms. The van der Waals surface area contributed by atoms with Crippen LogP contribution < -0.4 is 10.0 Å². The van der Waals surface area contributed by atoms with Gasteiger partial charge in [-0.15, -0.1) is 0 Å². The number of nitrogens with zero attached hydrogens (tertiary/aromatic N) is 1. The Kier molecular flexibility index (Phi) is 6.30. The first kappa shape index (κ1) is 21.9. The van der Waals surface area contributed by atoms with Crippen molar-refractivity contribution in [1.82, 2.24) is 0 Å². The number of carbonyl (C=O) groups excluding carboxylic acids is 1. The predicted molar refractivity (Wildman–Crippen MR) is 114 cm³/mol. The highest BCUT2D eigenvalue weighted by atomic mass is 32.2. The zero-order valence-electron chi connectivity index (χ0n) is 16.3. The molecule has 0 unspecified atom stereocenters. The molecule has 0 aliphatic heterocycles. The molecule has 8 nitrogen and oxygen atoms in total. The van der Waals surface area contributed by atoms with Crippen LogP contribution in [0.15, 0.2) is 71.6 Å². The van der Waals surface area contributed by atoms with Crippen LogP contribution in [0.5, 0.6) is 0 Å². The maximum absolute atomic E-state index is 13.0. The number of carbonyl (C=O) groups is 1. The molecule has 10 heteroatoms. The van der Waals surface area contributed by atoms with E-state index in [-0.39, 0.29) is 28.6 Å². The third kappa shape index (κ3) is 5.64. The molecule has 0 heterocycles. The van der Waals surface area contributed by atoms with Crippen LogP contribution in [0, 0.1) is 22.9 Å². The van der Waals surface area contributed by atoms with Gasteiger partial charge in [0, 0.05) is 17.8 Å². The van der Waals surface area contributed by atoms with Gasteiger partial charge in [-0.3, -0.25) is 19.6 Å². The molecule has 0 atom stereocenters. The maximum Gasteiger partial charge on any atom is 0.271 e. The Balaban J connectivity index is 1.65. The molecule has 3 aromatic carbocycles. The first-order valence-electron chi connectivity index (χ1n) is 9.06. The zero-order chi connectivity index (χ0) is 22.6. The second-order valence-electron chi connectivity index (χ2n) is 6.74. The molecule has 0 aromatic heterocycles. The van der Waals surface area contributed by atoms with E-state index >= 15 is 0 Å². The SMILES string of the molecule is Cc1ccc([N+](=O)[O-])cc1NC(=O)Cc1ccc(NS(=O)(=O)c2ccc(F)cc2)cc1. The molecule has 0 saturated carbocycles. The number of hydrogen-bond acceptors (Lipinski definition) is 5. The van der Waals surface area contributed by atoms with Crippen molar-refractivity contribution < 1.29 is 22.5 Å². The normalized spacial score (nSPS) is 11.0. The summed E-state index contributed by atoms with van der Waals surface area (Å²) in [6, 6.07) is 14.8. The summed E-state index contributed by atoms with van der Waals surface area (Å²) in [5.41, 5.74) is 1.80. The largest absolute Gasteiger partial charge is 0.325 e. The fraction of sp³-hybridized carbons (Fsp3) is 0.0952. The Labute approximate surface area is 177 Å². The fourth-order valence-electron chi connectivity index (χ4n) is 2.76. The average Bonchev–Trinajstić information content (AvgIpc) is 2.71. The summed E-state index contributed by atoms with van der Waals surface area (Å²) < 4.78 is 40.1. The first-order chi connectivity index (χ1) is 14.6. The highest BCUT2D eigenvalue weighted by Crippen LogP contribution is 2.22. The Morgan fingerprint density at radius 1 is 1.03 bits per heavy atom. The minimum absolute atomic E-state index is 0.00682. The van der Waals surface area contributed by atoms with E-state index in [1.165, 1.54) is 24.3 Å². The van der Waals surface area contributed by atoms with Gasteiger partial charge in [0.25, 0.3) is 15.7 Å². The van der Waals surface area contributed by atoms with Crippen LogP contribution in [0.4, 0.5) is 21.5 Å². The number of sulfonamides is 1. The summed E-state index contributed by atoms with van der Waals surface area (Å²) in [5.74, 6) is -0.912. The molecule has 0 fully saturated rings. The van der Waals surface area contributed by atoms with E-state index in [0.29, 0.717) is 16.8 Å². The summed E-state index contributed by atoms with van der Waals surface area (Å²) in [6.07, 6.45) is -0.00682. The molecule has 0 aliphatic carbocycles. The quantitative estimate of drug-likeness (QED) is 0.422. The number of hydrogen-bond donors (Lipinski definition) is 2. The minimum Gasteiger partial charge on any atom is -0.325 e. The Morgan fingerprint density at radius 2 is 1.68 bits per heavy atom. The van der Waals surface area contributed by atoms with E-state index in [0.717, 1.165) is 24.3 Å².